The number of nitrogens with zero attached hydrogens (tertiary/aromatic N) is 1. The first-order valence-electron chi connectivity index (χ1n) is 13.9. The zero-order valence-corrected chi connectivity index (χ0v) is 23.7. The molecule has 0 fully saturated rings. The number of hydrogen-bond donors (Lipinski definition) is 0. The smallest absolute Gasteiger partial charge is 0.0640 e. The first-order chi connectivity index (χ1) is 20.3. The third-order valence-corrected chi connectivity index (χ3v) is 10.6. The van der Waals surface area contributed by atoms with E-state index in [9.17, 15) is 0 Å². The van der Waals surface area contributed by atoms with Gasteiger partial charge in [0.1, 0.15) is 0 Å². The van der Waals surface area contributed by atoms with Gasteiger partial charge in [-0.3, -0.25) is 0 Å². The maximum absolute atomic E-state index is 2.43. The fraction of sp³-hybridized carbons (Fsp3) is 0. The van der Waals surface area contributed by atoms with Crippen molar-refractivity contribution in [3.8, 4) is 0 Å². The van der Waals surface area contributed by atoms with E-state index in [4.69, 9.17) is 0 Å². The lowest BCUT2D eigenvalue weighted by Gasteiger charge is -2.26. The summed E-state index contributed by atoms with van der Waals surface area (Å²) in [5, 5.41) is 10.5. The zero-order chi connectivity index (χ0) is 26.9. The second-order valence-electron chi connectivity index (χ2n) is 10.5. The number of anilines is 3. The van der Waals surface area contributed by atoms with E-state index in [2.05, 4.69) is 144 Å². The van der Waals surface area contributed by atoms with Crippen LogP contribution in [0.1, 0.15) is 0 Å². The topological polar surface area (TPSA) is 3.24 Å². The van der Waals surface area contributed by atoms with Gasteiger partial charge in [0.15, 0.2) is 0 Å². The molecule has 2 aromatic heterocycles. The minimum absolute atomic E-state index is 1.16. The number of thiophene rings is 2. The van der Waals surface area contributed by atoms with Gasteiger partial charge in [0.25, 0.3) is 0 Å². The SMILES string of the molecule is c1ccc(N(c2ccc3ccc4ccccc4c3c2)c2cccc3c2sc2c3ccc3sc4ccccc4c32)cc1. The number of benzene rings is 7. The summed E-state index contributed by atoms with van der Waals surface area (Å²) in [4.78, 5) is 2.43. The van der Waals surface area contributed by atoms with Crippen molar-refractivity contribution >= 4 is 102 Å². The Morgan fingerprint density at radius 3 is 2.00 bits per heavy atom. The molecule has 9 aromatic rings. The van der Waals surface area contributed by atoms with Crippen molar-refractivity contribution in [1.82, 2.24) is 0 Å². The van der Waals surface area contributed by atoms with Crippen LogP contribution in [0.4, 0.5) is 17.1 Å². The van der Waals surface area contributed by atoms with Gasteiger partial charge < -0.3 is 4.90 Å². The highest BCUT2D eigenvalue weighted by Gasteiger charge is 2.20. The van der Waals surface area contributed by atoms with Crippen molar-refractivity contribution in [1.29, 1.82) is 0 Å². The maximum atomic E-state index is 2.43. The van der Waals surface area contributed by atoms with E-state index in [1.54, 1.807) is 0 Å². The van der Waals surface area contributed by atoms with Crippen LogP contribution in [0.2, 0.25) is 0 Å². The Morgan fingerprint density at radius 1 is 0.390 bits per heavy atom. The summed E-state index contributed by atoms with van der Waals surface area (Å²) in [5.41, 5.74) is 3.53. The standard InChI is InChI=1S/C38H23NS2/c1-2-10-26(11-3-1)39(27-20-19-25-18-17-24-9-4-5-12-28(24)32(25)23-27)33-15-8-14-29-30-21-22-35-36(38(30)41-37(29)33)31-13-6-7-16-34(31)40-35/h1-23H. The minimum atomic E-state index is 1.16. The molecule has 2 heterocycles. The molecule has 0 unspecified atom stereocenters. The molecule has 3 heteroatoms. The summed E-state index contributed by atoms with van der Waals surface area (Å²) in [5.74, 6) is 0. The fourth-order valence-corrected chi connectivity index (χ4v) is 8.90. The number of fused-ring (bicyclic) bond motifs is 10. The van der Waals surface area contributed by atoms with Gasteiger partial charge in [0.05, 0.1) is 10.4 Å². The number of rotatable bonds is 3. The van der Waals surface area contributed by atoms with Crippen LogP contribution in [-0.4, -0.2) is 0 Å². The lowest BCUT2D eigenvalue weighted by atomic mass is 10.0. The maximum Gasteiger partial charge on any atom is 0.0640 e. The second kappa shape index (κ2) is 8.90. The van der Waals surface area contributed by atoms with Gasteiger partial charge >= 0.3 is 0 Å². The molecule has 0 saturated heterocycles. The molecule has 0 atom stereocenters. The molecule has 192 valence electrons. The van der Waals surface area contributed by atoms with Crippen LogP contribution in [0, 0.1) is 0 Å². The van der Waals surface area contributed by atoms with Gasteiger partial charge in [-0.05, 0) is 64.0 Å². The molecule has 41 heavy (non-hydrogen) atoms. The van der Waals surface area contributed by atoms with Crippen molar-refractivity contribution in [3.63, 3.8) is 0 Å². The van der Waals surface area contributed by atoms with E-state index >= 15 is 0 Å². The lowest BCUT2D eigenvalue weighted by molar-refractivity contribution is 1.31. The molecule has 1 nitrogen and oxygen atoms in total. The highest BCUT2D eigenvalue weighted by atomic mass is 32.1. The fourth-order valence-electron chi connectivity index (χ4n) is 6.36. The van der Waals surface area contributed by atoms with Gasteiger partial charge in [-0.2, -0.15) is 0 Å². The molecule has 0 bridgehead atoms. The average molecular weight is 558 g/mol. The average Bonchev–Trinajstić information content (AvgIpc) is 3.60. The normalized spacial score (nSPS) is 11.9. The van der Waals surface area contributed by atoms with Crippen molar-refractivity contribution in [3.05, 3.63) is 140 Å². The molecule has 0 aliphatic heterocycles. The van der Waals surface area contributed by atoms with Gasteiger partial charge in [-0.15, -0.1) is 22.7 Å². The predicted octanol–water partition coefficient (Wildman–Crippen LogP) is 12.2. The Hall–Kier alpha value is -4.70. The molecule has 9 rings (SSSR count). The van der Waals surface area contributed by atoms with Crippen molar-refractivity contribution in [2.24, 2.45) is 0 Å². The van der Waals surface area contributed by atoms with Gasteiger partial charge in [0.2, 0.25) is 0 Å². The van der Waals surface area contributed by atoms with Gasteiger partial charge in [0, 0.05) is 47.0 Å². The predicted molar refractivity (Wildman–Crippen MR) is 182 cm³/mol. The lowest BCUT2D eigenvalue weighted by Crippen LogP contribution is -2.09. The van der Waals surface area contributed by atoms with E-state index in [0.29, 0.717) is 0 Å². The summed E-state index contributed by atoms with van der Waals surface area (Å²) in [6, 6.07) is 51.0. The Kier molecular flexibility index (Phi) is 5.00. The van der Waals surface area contributed by atoms with Crippen LogP contribution in [0.3, 0.4) is 0 Å². The van der Waals surface area contributed by atoms with E-state index in [-0.39, 0.29) is 0 Å². The van der Waals surface area contributed by atoms with E-state index in [0.717, 1.165) is 11.4 Å². The van der Waals surface area contributed by atoms with Gasteiger partial charge in [-0.1, -0.05) is 97.1 Å². The van der Waals surface area contributed by atoms with Crippen LogP contribution in [0.25, 0.3) is 61.9 Å². The van der Waals surface area contributed by atoms with E-state index < -0.39 is 0 Å². The zero-order valence-electron chi connectivity index (χ0n) is 22.0. The largest absolute Gasteiger partial charge is 0.309 e. The number of para-hydroxylation sites is 1. The minimum Gasteiger partial charge on any atom is -0.309 e. The molecule has 0 aliphatic rings. The third kappa shape index (κ3) is 3.46. The van der Waals surface area contributed by atoms with Crippen molar-refractivity contribution in [2.75, 3.05) is 4.90 Å². The Morgan fingerprint density at radius 2 is 1.10 bits per heavy atom. The first-order valence-corrected chi connectivity index (χ1v) is 15.5. The highest BCUT2D eigenvalue weighted by Crippen LogP contribution is 2.49. The Balaban J connectivity index is 1.35. The molecule has 0 spiro atoms. The van der Waals surface area contributed by atoms with E-state index in [1.165, 1.54) is 67.6 Å². The van der Waals surface area contributed by atoms with Crippen LogP contribution in [-0.2, 0) is 0 Å². The van der Waals surface area contributed by atoms with Crippen molar-refractivity contribution < 1.29 is 0 Å². The molecule has 0 radical (unpaired) electrons. The highest BCUT2D eigenvalue weighted by molar-refractivity contribution is 7.30. The Labute approximate surface area is 245 Å². The molecular weight excluding hydrogens is 535 g/mol. The molecule has 0 saturated carbocycles. The molecule has 0 amide bonds. The molecular formula is C38H23NS2. The number of hydrogen-bond acceptors (Lipinski definition) is 3. The van der Waals surface area contributed by atoms with E-state index in [1.807, 2.05) is 22.7 Å². The van der Waals surface area contributed by atoms with Gasteiger partial charge in [-0.25, -0.2) is 0 Å². The molecule has 0 N–H and O–H groups in total. The van der Waals surface area contributed by atoms with Crippen LogP contribution < -0.4 is 4.90 Å². The molecule has 7 aromatic carbocycles. The van der Waals surface area contributed by atoms with Crippen molar-refractivity contribution in [2.45, 2.75) is 0 Å². The summed E-state index contributed by atoms with van der Waals surface area (Å²) >= 11 is 3.81. The second-order valence-corrected chi connectivity index (χ2v) is 12.6. The van der Waals surface area contributed by atoms with Crippen LogP contribution in [0.15, 0.2) is 140 Å². The van der Waals surface area contributed by atoms with Crippen LogP contribution >= 0.6 is 22.7 Å². The monoisotopic (exact) mass is 557 g/mol. The quantitative estimate of drug-likeness (QED) is 0.195. The summed E-state index contributed by atoms with van der Waals surface area (Å²) in [6.45, 7) is 0. The Bertz CT molecular complexity index is 2430. The summed E-state index contributed by atoms with van der Waals surface area (Å²) in [6.07, 6.45) is 0. The van der Waals surface area contributed by atoms with Crippen LogP contribution in [0.5, 0.6) is 0 Å². The molecule has 0 aliphatic carbocycles. The first kappa shape index (κ1) is 23.0. The summed E-state index contributed by atoms with van der Waals surface area (Å²) < 4.78 is 5.39. The summed E-state index contributed by atoms with van der Waals surface area (Å²) in [7, 11) is 0. The third-order valence-electron chi connectivity index (χ3n) is 8.23.